The summed E-state index contributed by atoms with van der Waals surface area (Å²) >= 11 is 0. The lowest BCUT2D eigenvalue weighted by Gasteiger charge is -2.54. The second-order valence-electron chi connectivity index (χ2n) is 9.15. The number of fused-ring (bicyclic) bond motifs is 3. The third-order valence-electron chi connectivity index (χ3n) is 8.29. The summed E-state index contributed by atoms with van der Waals surface area (Å²) in [6.45, 7) is 12.6. The standard InChI is InChI=1S/C23H40O/c1-6-17-9-11-20-19(21(17)15-16(4)24-8-3)13-14-23(5)18(7-2)10-12-22(20)23/h7,16-17,19-22H,6,8-15H2,1-5H3/b18-7-. The predicted molar refractivity (Wildman–Crippen MR) is 103 cm³/mol. The van der Waals surface area contributed by atoms with Crippen LogP contribution < -0.4 is 0 Å². The monoisotopic (exact) mass is 332 g/mol. The van der Waals surface area contributed by atoms with Crippen LogP contribution in [0.3, 0.4) is 0 Å². The molecule has 0 N–H and O–H groups in total. The quantitative estimate of drug-likeness (QED) is 0.514. The summed E-state index contributed by atoms with van der Waals surface area (Å²) < 4.78 is 5.95. The molecule has 24 heavy (non-hydrogen) atoms. The van der Waals surface area contributed by atoms with E-state index in [2.05, 4.69) is 40.7 Å². The van der Waals surface area contributed by atoms with Crippen LogP contribution in [0, 0.1) is 35.0 Å². The van der Waals surface area contributed by atoms with E-state index in [0.717, 1.165) is 36.2 Å². The van der Waals surface area contributed by atoms with Crippen LogP contribution in [0.25, 0.3) is 0 Å². The Morgan fingerprint density at radius 1 is 1.17 bits per heavy atom. The first-order valence-electron chi connectivity index (χ1n) is 10.8. The SMILES string of the molecule is C/C=C1/CCC2C3CCC(CC)C(CC(C)OCC)C3CCC12C. The molecule has 3 aliphatic rings. The largest absolute Gasteiger partial charge is 0.379 e. The number of rotatable bonds is 5. The van der Waals surface area contributed by atoms with E-state index in [0.29, 0.717) is 11.5 Å². The van der Waals surface area contributed by atoms with E-state index >= 15 is 0 Å². The zero-order chi connectivity index (χ0) is 17.3. The van der Waals surface area contributed by atoms with Gasteiger partial charge in [-0.15, -0.1) is 0 Å². The van der Waals surface area contributed by atoms with Gasteiger partial charge in [-0.2, -0.15) is 0 Å². The Balaban J connectivity index is 1.79. The average Bonchev–Trinajstić information content (AvgIpc) is 2.91. The summed E-state index contributed by atoms with van der Waals surface area (Å²) in [5, 5.41) is 0. The van der Waals surface area contributed by atoms with Gasteiger partial charge >= 0.3 is 0 Å². The molecule has 0 bridgehead atoms. The zero-order valence-corrected chi connectivity index (χ0v) is 16.8. The van der Waals surface area contributed by atoms with Crippen molar-refractivity contribution in [1.82, 2.24) is 0 Å². The first kappa shape index (κ1) is 18.5. The molecule has 0 radical (unpaired) electrons. The molecule has 1 heteroatoms. The molecule has 1 nitrogen and oxygen atoms in total. The highest BCUT2D eigenvalue weighted by Crippen LogP contribution is 2.63. The molecule has 0 aliphatic heterocycles. The number of hydrogen-bond acceptors (Lipinski definition) is 1. The lowest BCUT2D eigenvalue weighted by molar-refractivity contribution is -0.0504. The van der Waals surface area contributed by atoms with Crippen molar-refractivity contribution in [3.8, 4) is 0 Å². The highest BCUT2D eigenvalue weighted by Gasteiger charge is 2.54. The summed E-state index contributed by atoms with van der Waals surface area (Å²) in [7, 11) is 0. The van der Waals surface area contributed by atoms with E-state index < -0.39 is 0 Å². The normalized spacial score (nSPS) is 45.0. The van der Waals surface area contributed by atoms with E-state index in [1.54, 1.807) is 5.57 Å². The molecule has 3 aliphatic carbocycles. The van der Waals surface area contributed by atoms with Crippen molar-refractivity contribution in [2.75, 3.05) is 6.61 Å². The molecule has 3 saturated carbocycles. The van der Waals surface area contributed by atoms with E-state index in [1.165, 1.54) is 51.4 Å². The summed E-state index contributed by atoms with van der Waals surface area (Å²) in [6, 6.07) is 0. The summed E-state index contributed by atoms with van der Waals surface area (Å²) in [4.78, 5) is 0. The second kappa shape index (κ2) is 7.52. The van der Waals surface area contributed by atoms with Crippen molar-refractivity contribution < 1.29 is 4.74 Å². The minimum atomic E-state index is 0.441. The maximum Gasteiger partial charge on any atom is 0.0549 e. The van der Waals surface area contributed by atoms with Gasteiger partial charge in [0.15, 0.2) is 0 Å². The highest BCUT2D eigenvalue weighted by atomic mass is 16.5. The summed E-state index contributed by atoms with van der Waals surface area (Å²) in [6.07, 6.45) is 14.3. The van der Waals surface area contributed by atoms with Crippen molar-refractivity contribution in [2.24, 2.45) is 35.0 Å². The maximum atomic E-state index is 5.95. The Kier molecular flexibility index (Phi) is 5.79. The van der Waals surface area contributed by atoms with Gasteiger partial charge in [-0.3, -0.25) is 0 Å². The van der Waals surface area contributed by atoms with E-state index in [-0.39, 0.29) is 0 Å². The minimum Gasteiger partial charge on any atom is -0.379 e. The van der Waals surface area contributed by atoms with Crippen molar-refractivity contribution in [2.45, 2.75) is 92.1 Å². The van der Waals surface area contributed by atoms with Crippen LogP contribution in [0.5, 0.6) is 0 Å². The molecule has 0 aromatic heterocycles. The third kappa shape index (κ3) is 3.11. The Hall–Kier alpha value is -0.300. The van der Waals surface area contributed by atoms with Crippen LogP contribution in [0.15, 0.2) is 11.6 Å². The van der Waals surface area contributed by atoms with Gasteiger partial charge in [0.25, 0.3) is 0 Å². The fraction of sp³-hybridized carbons (Fsp3) is 0.913. The number of hydrogen-bond donors (Lipinski definition) is 0. The highest BCUT2D eigenvalue weighted by molar-refractivity contribution is 5.22. The molecule has 0 amide bonds. The van der Waals surface area contributed by atoms with E-state index in [1.807, 2.05) is 0 Å². The van der Waals surface area contributed by atoms with Gasteiger partial charge in [-0.05, 0) is 101 Å². The molecule has 0 heterocycles. The van der Waals surface area contributed by atoms with Gasteiger partial charge in [-0.25, -0.2) is 0 Å². The van der Waals surface area contributed by atoms with E-state index in [4.69, 9.17) is 4.74 Å². The molecule has 3 rings (SSSR count). The summed E-state index contributed by atoms with van der Waals surface area (Å²) in [5.41, 5.74) is 2.31. The predicted octanol–water partition coefficient (Wildman–Crippen LogP) is 6.63. The Morgan fingerprint density at radius 2 is 1.96 bits per heavy atom. The average molecular weight is 333 g/mol. The Morgan fingerprint density at radius 3 is 2.62 bits per heavy atom. The molecule has 138 valence electrons. The molecule has 3 fully saturated rings. The van der Waals surface area contributed by atoms with Crippen molar-refractivity contribution >= 4 is 0 Å². The van der Waals surface area contributed by atoms with Crippen LogP contribution in [0.1, 0.15) is 86.0 Å². The third-order valence-corrected chi connectivity index (χ3v) is 8.29. The van der Waals surface area contributed by atoms with Crippen LogP contribution in [-0.4, -0.2) is 12.7 Å². The number of allylic oxidation sites excluding steroid dienone is 2. The van der Waals surface area contributed by atoms with Gasteiger partial charge in [0.05, 0.1) is 6.10 Å². The van der Waals surface area contributed by atoms with Gasteiger partial charge in [0, 0.05) is 6.61 Å². The number of ether oxygens (including phenoxy) is 1. The first-order chi connectivity index (χ1) is 11.5. The minimum absolute atomic E-state index is 0.441. The molecule has 7 unspecified atom stereocenters. The second-order valence-corrected chi connectivity index (χ2v) is 9.15. The van der Waals surface area contributed by atoms with Crippen LogP contribution >= 0.6 is 0 Å². The van der Waals surface area contributed by atoms with Crippen LogP contribution in [0.4, 0.5) is 0 Å². The van der Waals surface area contributed by atoms with Crippen LogP contribution in [-0.2, 0) is 4.74 Å². The molecule has 0 aromatic carbocycles. The molecule has 0 saturated heterocycles. The molecule has 0 aromatic rings. The summed E-state index contributed by atoms with van der Waals surface area (Å²) in [5.74, 6) is 4.78. The first-order valence-corrected chi connectivity index (χ1v) is 10.8. The Bertz CT molecular complexity index is 453. The lowest BCUT2D eigenvalue weighted by atomic mass is 9.51. The molecule has 0 spiro atoms. The molecule has 7 atom stereocenters. The lowest BCUT2D eigenvalue weighted by Crippen LogP contribution is -2.46. The van der Waals surface area contributed by atoms with E-state index in [9.17, 15) is 0 Å². The van der Waals surface area contributed by atoms with Gasteiger partial charge in [0.2, 0.25) is 0 Å². The van der Waals surface area contributed by atoms with Gasteiger partial charge in [0.1, 0.15) is 0 Å². The fourth-order valence-electron chi connectivity index (χ4n) is 7.17. The molecular weight excluding hydrogens is 292 g/mol. The van der Waals surface area contributed by atoms with Crippen molar-refractivity contribution in [3.05, 3.63) is 11.6 Å². The molecular formula is C23H40O. The smallest absolute Gasteiger partial charge is 0.0549 e. The van der Waals surface area contributed by atoms with Gasteiger partial charge < -0.3 is 4.74 Å². The van der Waals surface area contributed by atoms with Gasteiger partial charge in [-0.1, -0.05) is 31.9 Å². The van der Waals surface area contributed by atoms with Crippen molar-refractivity contribution in [3.63, 3.8) is 0 Å². The zero-order valence-electron chi connectivity index (χ0n) is 16.8. The van der Waals surface area contributed by atoms with Crippen LogP contribution in [0.2, 0.25) is 0 Å². The van der Waals surface area contributed by atoms with Crippen molar-refractivity contribution in [1.29, 1.82) is 0 Å². The Labute approximate surface area is 150 Å². The fourth-order valence-corrected chi connectivity index (χ4v) is 7.17. The topological polar surface area (TPSA) is 9.23 Å². The maximum absolute atomic E-state index is 5.95.